The van der Waals surface area contributed by atoms with Crippen LogP contribution < -0.4 is 4.90 Å². The zero-order chi connectivity index (χ0) is 22.4. The van der Waals surface area contributed by atoms with Gasteiger partial charge in [0.2, 0.25) is 0 Å². The van der Waals surface area contributed by atoms with Crippen molar-refractivity contribution in [3.8, 4) is 6.07 Å². The van der Waals surface area contributed by atoms with E-state index in [0.717, 1.165) is 54.1 Å². The first-order valence-electron chi connectivity index (χ1n) is 11.1. The Hall–Kier alpha value is -3.37. The molecule has 7 heteroatoms. The van der Waals surface area contributed by atoms with E-state index >= 15 is 0 Å². The molecule has 0 radical (unpaired) electrons. The number of hydrogen-bond acceptors (Lipinski definition) is 7. The van der Waals surface area contributed by atoms with Gasteiger partial charge in [0.1, 0.15) is 11.8 Å². The Morgan fingerprint density at radius 3 is 2.91 bits per heavy atom. The van der Waals surface area contributed by atoms with E-state index in [4.69, 9.17) is 0 Å². The summed E-state index contributed by atoms with van der Waals surface area (Å²) < 4.78 is 0. The first kappa shape index (κ1) is 20.5. The minimum Gasteiger partial charge on any atom is -0.363 e. The molecule has 0 bridgehead atoms. The molecule has 0 aromatic carbocycles. The van der Waals surface area contributed by atoms with E-state index in [-0.39, 0.29) is 11.6 Å². The maximum Gasteiger partial charge on any atom is 0.180 e. The van der Waals surface area contributed by atoms with Crippen molar-refractivity contribution in [2.45, 2.75) is 51.7 Å². The van der Waals surface area contributed by atoms with Gasteiger partial charge in [-0.25, -0.2) is 4.98 Å². The van der Waals surface area contributed by atoms with Crippen LogP contribution >= 0.6 is 0 Å². The smallest absolute Gasteiger partial charge is 0.180 e. The van der Waals surface area contributed by atoms with Crippen LogP contribution in [0.5, 0.6) is 0 Å². The van der Waals surface area contributed by atoms with Gasteiger partial charge in [-0.05, 0) is 48.3 Å². The van der Waals surface area contributed by atoms with Crippen molar-refractivity contribution in [3.63, 3.8) is 0 Å². The second kappa shape index (κ2) is 7.95. The van der Waals surface area contributed by atoms with Crippen molar-refractivity contribution in [3.05, 3.63) is 58.2 Å². The van der Waals surface area contributed by atoms with Gasteiger partial charge in [0.25, 0.3) is 0 Å². The van der Waals surface area contributed by atoms with Crippen molar-refractivity contribution in [2.24, 2.45) is 0 Å². The molecular weight excluding hydrogens is 402 g/mol. The van der Waals surface area contributed by atoms with Gasteiger partial charge in [-0.15, -0.1) is 0 Å². The van der Waals surface area contributed by atoms with Gasteiger partial charge in [-0.3, -0.25) is 19.5 Å². The molecule has 2 aromatic heterocycles. The lowest BCUT2D eigenvalue weighted by molar-refractivity contribution is -0.114. The molecule has 3 aliphatic rings. The summed E-state index contributed by atoms with van der Waals surface area (Å²) in [7, 11) is 0. The van der Waals surface area contributed by atoms with Crippen molar-refractivity contribution in [2.75, 3.05) is 18.0 Å². The largest absolute Gasteiger partial charge is 0.363 e. The van der Waals surface area contributed by atoms with Crippen LogP contribution in [0.1, 0.15) is 59.7 Å². The second-order valence-corrected chi connectivity index (χ2v) is 8.80. The monoisotopic (exact) mass is 427 g/mol. The number of nitrogens with zero attached hydrogens (tertiary/aromatic N) is 5. The second-order valence-electron chi connectivity index (χ2n) is 8.80. The topological polar surface area (TPSA) is 90.2 Å². The number of pyridine rings is 2. The van der Waals surface area contributed by atoms with Crippen LogP contribution in [0.4, 0.5) is 5.69 Å². The predicted octanol–water partition coefficient (Wildman–Crippen LogP) is 2.93. The molecule has 5 rings (SSSR count). The SMILES string of the molecule is CCC(=O)c1ccc(N2CCN(Cc3cnc4c(c3)CC(=O)C(C)=C4)[C@H]3C[C@H]32)c(C#N)n1. The number of nitriles is 1. The van der Waals surface area contributed by atoms with E-state index in [1.165, 1.54) is 0 Å². The number of carbonyl (C=O) groups is 2. The van der Waals surface area contributed by atoms with Gasteiger partial charge in [-0.2, -0.15) is 5.26 Å². The Morgan fingerprint density at radius 1 is 1.28 bits per heavy atom. The standard InChI is InChI=1S/C25H25N5O2/c1-3-24(31)18-4-5-21(20(12-26)28-18)30-7-6-29(22-11-23(22)30)14-16-9-17-10-25(32)15(2)8-19(17)27-13-16/h4-5,8-9,13,22-23H,3,6-7,10-11,14H2,1-2H3/t22-,23+/m0/s1. The zero-order valence-electron chi connectivity index (χ0n) is 18.3. The molecule has 0 amide bonds. The summed E-state index contributed by atoms with van der Waals surface area (Å²) in [6.45, 7) is 6.12. The number of anilines is 1. The van der Waals surface area contributed by atoms with Crippen LogP contribution in [-0.4, -0.2) is 51.6 Å². The Labute approximate surface area is 187 Å². The Balaban J connectivity index is 1.30. The van der Waals surface area contributed by atoms with Crippen molar-refractivity contribution < 1.29 is 9.59 Å². The van der Waals surface area contributed by atoms with Crippen molar-refractivity contribution in [1.29, 1.82) is 5.26 Å². The normalized spacial score (nSPS) is 22.0. The lowest BCUT2D eigenvalue weighted by Crippen LogP contribution is -2.46. The lowest BCUT2D eigenvalue weighted by atomic mass is 9.94. The van der Waals surface area contributed by atoms with Gasteiger partial charge < -0.3 is 4.90 Å². The summed E-state index contributed by atoms with van der Waals surface area (Å²) >= 11 is 0. The van der Waals surface area contributed by atoms with Gasteiger partial charge in [-0.1, -0.05) is 13.0 Å². The number of ketones is 2. The summed E-state index contributed by atoms with van der Waals surface area (Å²) in [4.78, 5) is 37.7. The summed E-state index contributed by atoms with van der Waals surface area (Å²) in [6, 6.07) is 8.68. The third-order valence-corrected chi connectivity index (χ3v) is 6.71. The van der Waals surface area contributed by atoms with Gasteiger partial charge >= 0.3 is 0 Å². The minimum atomic E-state index is -0.0480. The molecule has 162 valence electrons. The van der Waals surface area contributed by atoms with Crippen molar-refractivity contribution >= 4 is 23.3 Å². The fraction of sp³-hybridized carbons (Fsp3) is 0.400. The molecule has 2 aromatic rings. The molecule has 2 fully saturated rings. The van der Waals surface area contributed by atoms with Crippen LogP contribution in [0.3, 0.4) is 0 Å². The van der Waals surface area contributed by atoms with Crippen LogP contribution in [0, 0.1) is 11.3 Å². The van der Waals surface area contributed by atoms with E-state index in [0.29, 0.717) is 36.3 Å². The molecule has 3 heterocycles. The number of aromatic nitrogens is 2. The Kier molecular flexibility index (Phi) is 5.10. The zero-order valence-corrected chi connectivity index (χ0v) is 18.3. The summed E-state index contributed by atoms with van der Waals surface area (Å²) in [5, 5.41) is 9.61. The number of carbonyl (C=O) groups excluding carboxylic acids is 2. The molecule has 2 atom stereocenters. The number of allylic oxidation sites excluding steroid dienone is 1. The highest BCUT2D eigenvalue weighted by molar-refractivity contribution is 6.02. The molecule has 0 N–H and O–H groups in total. The molecule has 1 saturated heterocycles. The third-order valence-electron chi connectivity index (χ3n) is 6.71. The molecule has 32 heavy (non-hydrogen) atoms. The third kappa shape index (κ3) is 3.61. The first-order chi connectivity index (χ1) is 15.5. The fourth-order valence-corrected chi connectivity index (χ4v) is 4.82. The summed E-state index contributed by atoms with van der Waals surface area (Å²) in [5.41, 5.74) is 5.33. The lowest BCUT2D eigenvalue weighted by Gasteiger charge is -2.35. The summed E-state index contributed by atoms with van der Waals surface area (Å²) in [5.74, 6) is 0.120. The molecule has 1 saturated carbocycles. The van der Waals surface area contributed by atoms with Crippen LogP contribution in [0.25, 0.3) is 6.08 Å². The number of hydrogen-bond donors (Lipinski definition) is 0. The molecule has 2 aliphatic carbocycles. The molecular formula is C25H25N5O2. The molecule has 1 aliphatic heterocycles. The predicted molar refractivity (Wildman–Crippen MR) is 120 cm³/mol. The minimum absolute atomic E-state index is 0.0480. The van der Waals surface area contributed by atoms with Crippen LogP contribution in [-0.2, 0) is 17.8 Å². The average molecular weight is 428 g/mol. The number of fused-ring (bicyclic) bond motifs is 2. The van der Waals surface area contributed by atoms with Crippen LogP contribution in [0.15, 0.2) is 30.0 Å². The Bertz CT molecular complexity index is 1200. The molecule has 0 unspecified atom stereocenters. The van der Waals surface area contributed by atoms with E-state index in [2.05, 4.69) is 31.9 Å². The highest BCUT2D eigenvalue weighted by atomic mass is 16.1. The van der Waals surface area contributed by atoms with Gasteiger partial charge in [0.05, 0.1) is 11.4 Å². The highest BCUT2D eigenvalue weighted by Crippen LogP contribution is 2.41. The maximum atomic E-state index is 12.1. The number of Topliss-reactive ketones (excluding diaryl/α,β-unsaturated/α-hetero) is 2. The van der Waals surface area contributed by atoms with Gasteiger partial charge in [0.15, 0.2) is 17.3 Å². The van der Waals surface area contributed by atoms with E-state index in [1.54, 1.807) is 13.0 Å². The Morgan fingerprint density at radius 2 is 2.12 bits per heavy atom. The van der Waals surface area contributed by atoms with Gasteiger partial charge in [0, 0.05) is 50.8 Å². The highest BCUT2D eigenvalue weighted by Gasteiger charge is 2.49. The molecule has 0 spiro atoms. The number of rotatable bonds is 5. The number of piperazine rings is 1. The fourth-order valence-electron chi connectivity index (χ4n) is 4.82. The van der Waals surface area contributed by atoms with E-state index < -0.39 is 0 Å². The van der Waals surface area contributed by atoms with Crippen LogP contribution in [0.2, 0.25) is 0 Å². The van der Waals surface area contributed by atoms with E-state index in [9.17, 15) is 14.9 Å². The van der Waals surface area contributed by atoms with Crippen molar-refractivity contribution in [1.82, 2.24) is 14.9 Å². The summed E-state index contributed by atoms with van der Waals surface area (Å²) in [6.07, 6.45) is 5.64. The van der Waals surface area contributed by atoms with E-state index in [1.807, 2.05) is 25.3 Å². The quantitative estimate of drug-likeness (QED) is 0.678. The first-order valence-corrected chi connectivity index (χ1v) is 11.1. The maximum absolute atomic E-state index is 12.1. The molecule has 7 nitrogen and oxygen atoms in total. The average Bonchev–Trinajstić information content (AvgIpc) is 3.61.